The minimum Gasteiger partial charge on any atom is -0.384 e. The van der Waals surface area contributed by atoms with Gasteiger partial charge in [-0.1, -0.05) is 31.2 Å². The van der Waals surface area contributed by atoms with E-state index in [4.69, 9.17) is 10.5 Å². The first-order valence-corrected chi connectivity index (χ1v) is 10.1. The quantitative estimate of drug-likeness (QED) is 0.669. The summed E-state index contributed by atoms with van der Waals surface area (Å²) in [6.45, 7) is 2.70. The molecule has 1 aromatic heterocycles. The number of hydrogen-bond acceptors (Lipinski definition) is 4. The van der Waals surface area contributed by atoms with Crippen LogP contribution in [0.4, 0.5) is 15.9 Å². The molecule has 1 atom stereocenters. The van der Waals surface area contributed by atoms with Crippen LogP contribution in [0.25, 0.3) is 21.9 Å². The molecule has 2 aromatic carbocycles. The first-order valence-electron chi connectivity index (χ1n) is 10.1. The van der Waals surface area contributed by atoms with Crippen LogP contribution >= 0.6 is 0 Å². The Labute approximate surface area is 173 Å². The van der Waals surface area contributed by atoms with E-state index in [1.165, 1.54) is 10.6 Å². The number of nitrogen functional groups attached to an aromatic ring is 1. The summed E-state index contributed by atoms with van der Waals surface area (Å²) in [5.74, 6) is -0.367. The first kappa shape index (κ1) is 20.1. The van der Waals surface area contributed by atoms with Gasteiger partial charge in [0.15, 0.2) is 0 Å². The number of hydrogen-bond donors (Lipinski definition) is 2. The molecule has 3 aromatic rings. The number of anilines is 2. The number of halogens is 1. The van der Waals surface area contributed by atoms with Gasteiger partial charge < -0.3 is 15.8 Å². The number of fused-ring (bicyclic) bond motifs is 1. The summed E-state index contributed by atoms with van der Waals surface area (Å²) in [6, 6.07) is 11.4. The molecule has 1 fully saturated rings. The Kier molecular flexibility index (Phi) is 5.55. The number of carbonyl (C=O) groups is 1. The van der Waals surface area contributed by atoms with Gasteiger partial charge in [0, 0.05) is 35.2 Å². The Morgan fingerprint density at radius 3 is 2.77 bits per heavy atom. The van der Waals surface area contributed by atoms with Gasteiger partial charge in [-0.15, -0.1) is 0 Å². The smallest absolute Gasteiger partial charge is 0.260 e. The molecule has 0 spiro atoms. The average Bonchev–Trinajstić information content (AvgIpc) is 3.26. The molecule has 156 valence electrons. The maximum atomic E-state index is 14.7. The van der Waals surface area contributed by atoms with E-state index in [-0.39, 0.29) is 23.4 Å². The summed E-state index contributed by atoms with van der Waals surface area (Å²) in [4.78, 5) is 25.1. The van der Waals surface area contributed by atoms with Crippen LogP contribution in [-0.4, -0.2) is 23.2 Å². The first-order chi connectivity index (χ1) is 14.5. The normalized spacial score (nSPS) is 16.1. The molecule has 7 heteroatoms. The molecule has 3 N–H and O–H groups in total. The summed E-state index contributed by atoms with van der Waals surface area (Å²) in [7, 11) is 0. The number of amides is 1. The Morgan fingerprint density at radius 2 is 2.07 bits per heavy atom. The van der Waals surface area contributed by atoms with Gasteiger partial charge in [-0.2, -0.15) is 0 Å². The highest BCUT2D eigenvalue weighted by Crippen LogP contribution is 2.35. The molecule has 1 amide bonds. The van der Waals surface area contributed by atoms with Gasteiger partial charge in [-0.3, -0.25) is 14.2 Å². The Morgan fingerprint density at radius 1 is 1.27 bits per heavy atom. The molecule has 30 heavy (non-hydrogen) atoms. The van der Waals surface area contributed by atoms with Crippen LogP contribution in [0, 0.1) is 5.82 Å². The van der Waals surface area contributed by atoms with Crippen LogP contribution in [0.2, 0.25) is 0 Å². The number of nitrogens with one attached hydrogen (secondary N) is 1. The fourth-order valence-corrected chi connectivity index (χ4v) is 3.91. The molecular formula is C23H24FN3O3. The summed E-state index contributed by atoms with van der Waals surface area (Å²) in [5.41, 5.74) is 7.46. The van der Waals surface area contributed by atoms with Crippen LogP contribution in [0.1, 0.15) is 26.2 Å². The van der Waals surface area contributed by atoms with Crippen molar-refractivity contribution in [3.63, 3.8) is 0 Å². The van der Waals surface area contributed by atoms with Crippen LogP contribution in [0.5, 0.6) is 0 Å². The minimum absolute atomic E-state index is 0.112. The number of nitrogens with zero attached hydrogens (tertiary/aromatic N) is 1. The van der Waals surface area contributed by atoms with Gasteiger partial charge in [0.2, 0.25) is 5.91 Å². The monoisotopic (exact) mass is 409 g/mol. The lowest BCUT2D eigenvalue weighted by molar-refractivity contribution is -0.115. The van der Waals surface area contributed by atoms with E-state index in [1.54, 1.807) is 43.3 Å². The molecule has 2 heterocycles. The zero-order chi connectivity index (χ0) is 21.3. The fraction of sp³-hybridized carbons (Fsp3) is 0.304. The average molecular weight is 409 g/mol. The van der Waals surface area contributed by atoms with E-state index < -0.39 is 5.82 Å². The molecule has 0 aliphatic carbocycles. The molecule has 0 bridgehead atoms. The van der Waals surface area contributed by atoms with Crippen molar-refractivity contribution in [3.8, 4) is 11.1 Å². The second-order valence-electron chi connectivity index (χ2n) is 7.45. The SMILES string of the molecule is CCC(=O)Nc1ccc2c(-c3ccccc3F)c(N)n(CC3CCCO3)c(=O)c2c1. The summed E-state index contributed by atoms with van der Waals surface area (Å²) >= 11 is 0. The number of benzene rings is 2. The van der Waals surface area contributed by atoms with Crippen molar-refractivity contribution in [3.05, 3.63) is 58.6 Å². The third kappa shape index (κ3) is 3.68. The Balaban J connectivity index is 1.96. The highest BCUT2D eigenvalue weighted by molar-refractivity contribution is 6.03. The van der Waals surface area contributed by atoms with Gasteiger partial charge in [0.25, 0.3) is 5.56 Å². The van der Waals surface area contributed by atoms with Crippen molar-refractivity contribution in [2.75, 3.05) is 17.7 Å². The molecule has 6 nitrogen and oxygen atoms in total. The van der Waals surface area contributed by atoms with E-state index in [1.807, 2.05) is 0 Å². The van der Waals surface area contributed by atoms with Crippen molar-refractivity contribution < 1.29 is 13.9 Å². The van der Waals surface area contributed by atoms with E-state index >= 15 is 0 Å². The molecular weight excluding hydrogens is 385 g/mol. The Hall–Kier alpha value is -3.19. The molecule has 0 saturated carbocycles. The zero-order valence-electron chi connectivity index (χ0n) is 16.8. The second-order valence-corrected chi connectivity index (χ2v) is 7.45. The van der Waals surface area contributed by atoms with Gasteiger partial charge in [0.05, 0.1) is 12.6 Å². The fourth-order valence-electron chi connectivity index (χ4n) is 3.91. The number of aromatic nitrogens is 1. The third-order valence-corrected chi connectivity index (χ3v) is 5.47. The predicted octanol–water partition coefficient (Wildman–Crippen LogP) is 3.92. The zero-order valence-corrected chi connectivity index (χ0v) is 16.8. The molecule has 1 aliphatic heterocycles. The number of ether oxygens (including phenoxy) is 1. The lowest BCUT2D eigenvalue weighted by atomic mass is 9.98. The van der Waals surface area contributed by atoms with Crippen molar-refractivity contribution in [1.29, 1.82) is 0 Å². The number of carbonyl (C=O) groups excluding carboxylic acids is 1. The van der Waals surface area contributed by atoms with E-state index in [9.17, 15) is 14.0 Å². The van der Waals surface area contributed by atoms with Gasteiger partial charge >= 0.3 is 0 Å². The van der Waals surface area contributed by atoms with Crippen molar-refractivity contribution in [1.82, 2.24) is 4.57 Å². The predicted molar refractivity (Wildman–Crippen MR) is 116 cm³/mol. The third-order valence-electron chi connectivity index (χ3n) is 5.47. The standard InChI is InChI=1S/C23H24FN3O3/c1-2-20(28)26-14-9-10-16-18(12-14)23(29)27(13-15-6-5-11-30-15)22(25)21(16)17-7-3-4-8-19(17)24/h3-4,7-10,12,15H,2,5-6,11,13,25H2,1H3,(H,26,28). The minimum atomic E-state index is -0.420. The van der Waals surface area contributed by atoms with Crippen LogP contribution in [0.3, 0.4) is 0 Å². The van der Waals surface area contributed by atoms with E-state index in [0.29, 0.717) is 47.2 Å². The van der Waals surface area contributed by atoms with E-state index in [2.05, 4.69) is 5.32 Å². The maximum absolute atomic E-state index is 14.7. The summed E-state index contributed by atoms with van der Waals surface area (Å²) in [6.07, 6.45) is 1.98. The van der Waals surface area contributed by atoms with Crippen molar-refractivity contribution >= 4 is 28.2 Å². The summed E-state index contributed by atoms with van der Waals surface area (Å²) < 4.78 is 21.8. The molecule has 1 unspecified atom stereocenters. The lowest BCUT2D eigenvalue weighted by Gasteiger charge is -2.20. The van der Waals surface area contributed by atoms with Gasteiger partial charge in [-0.05, 0) is 36.4 Å². The van der Waals surface area contributed by atoms with Crippen molar-refractivity contribution in [2.24, 2.45) is 0 Å². The number of nitrogens with two attached hydrogens (primary N) is 1. The molecule has 1 aliphatic rings. The molecule has 4 rings (SSSR count). The van der Waals surface area contributed by atoms with E-state index in [0.717, 1.165) is 12.8 Å². The van der Waals surface area contributed by atoms with Crippen LogP contribution in [0.15, 0.2) is 47.3 Å². The highest BCUT2D eigenvalue weighted by Gasteiger charge is 2.23. The summed E-state index contributed by atoms with van der Waals surface area (Å²) in [5, 5.41) is 3.68. The second kappa shape index (κ2) is 8.28. The molecule has 1 saturated heterocycles. The van der Waals surface area contributed by atoms with Crippen LogP contribution in [-0.2, 0) is 16.1 Å². The van der Waals surface area contributed by atoms with Crippen molar-refractivity contribution in [2.45, 2.75) is 38.8 Å². The lowest BCUT2D eigenvalue weighted by Crippen LogP contribution is -2.29. The van der Waals surface area contributed by atoms with Gasteiger partial charge in [0.1, 0.15) is 11.6 Å². The Bertz CT molecular complexity index is 1170. The molecule has 0 radical (unpaired) electrons. The number of rotatable bonds is 5. The topological polar surface area (TPSA) is 86.3 Å². The highest BCUT2D eigenvalue weighted by atomic mass is 19.1. The number of pyridine rings is 1. The largest absolute Gasteiger partial charge is 0.384 e. The van der Waals surface area contributed by atoms with Crippen LogP contribution < -0.4 is 16.6 Å². The maximum Gasteiger partial charge on any atom is 0.260 e. The van der Waals surface area contributed by atoms with Gasteiger partial charge in [-0.25, -0.2) is 4.39 Å².